The van der Waals surface area contributed by atoms with Gasteiger partial charge in [0.1, 0.15) is 6.04 Å². The van der Waals surface area contributed by atoms with Crippen molar-refractivity contribution in [2.24, 2.45) is 0 Å². The van der Waals surface area contributed by atoms with Crippen molar-refractivity contribution >= 4 is 23.2 Å². The number of aryl methyl sites for hydroxylation is 1. The molecule has 0 bridgehead atoms. The fourth-order valence-electron chi connectivity index (χ4n) is 3.48. The van der Waals surface area contributed by atoms with Gasteiger partial charge in [-0.25, -0.2) is 0 Å². The number of carbonyl (C=O) groups excluding carboxylic acids is 2. The van der Waals surface area contributed by atoms with Gasteiger partial charge in [-0.05, 0) is 43.0 Å². The zero-order valence-electron chi connectivity index (χ0n) is 15.7. The van der Waals surface area contributed by atoms with Crippen LogP contribution in [0.25, 0.3) is 0 Å². The van der Waals surface area contributed by atoms with Crippen LogP contribution in [-0.2, 0) is 17.8 Å². The van der Waals surface area contributed by atoms with E-state index < -0.39 is 6.04 Å². The predicted molar refractivity (Wildman–Crippen MR) is 108 cm³/mol. The number of thiophene rings is 1. The van der Waals surface area contributed by atoms with Gasteiger partial charge in [0, 0.05) is 23.2 Å². The minimum absolute atomic E-state index is 0.0625. The quantitative estimate of drug-likeness (QED) is 0.724. The third kappa shape index (κ3) is 3.84. The van der Waals surface area contributed by atoms with E-state index in [1.807, 2.05) is 48.7 Å². The van der Waals surface area contributed by atoms with Crippen LogP contribution in [-0.4, -0.2) is 39.6 Å². The summed E-state index contributed by atoms with van der Waals surface area (Å²) in [5, 5.41) is 9.35. The third-order valence-corrected chi connectivity index (χ3v) is 5.84. The zero-order chi connectivity index (χ0) is 19.5. The van der Waals surface area contributed by atoms with Gasteiger partial charge in [-0.2, -0.15) is 5.10 Å². The SMILES string of the molecule is Cc1cccc(C(=O)N2Cc3ccnn3[C@H](C(=O)NCCc3cccs3)C2)c1. The Hall–Kier alpha value is -2.93. The fourth-order valence-corrected chi connectivity index (χ4v) is 4.19. The number of amides is 2. The monoisotopic (exact) mass is 394 g/mol. The first-order valence-corrected chi connectivity index (χ1v) is 10.2. The van der Waals surface area contributed by atoms with Crippen LogP contribution in [0.3, 0.4) is 0 Å². The lowest BCUT2D eigenvalue weighted by Crippen LogP contribution is -2.47. The van der Waals surface area contributed by atoms with Gasteiger partial charge in [0.15, 0.2) is 0 Å². The molecule has 6 nitrogen and oxygen atoms in total. The summed E-state index contributed by atoms with van der Waals surface area (Å²) in [6.07, 6.45) is 2.48. The van der Waals surface area contributed by atoms with Gasteiger partial charge in [-0.1, -0.05) is 23.8 Å². The van der Waals surface area contributed by atoms with Crippen LogP contribution in [0.1, 0.15) is 32.5 Å². The maximum Gasteiger partial charge on any atom is 0.254 e. The molecule has 4 rings (SSSR count). The highest BCUT2D eigenvalue weighted by Crippen LogP contribution is 2.22. The van der Waals surface area contributed by atoms with Gasteiger partial charge >= 0.3 is 0 Å². The minimum Gasteiger partial charge on any atom is -0.354 e. The number of fused-ring (bicyclic) bond motifs is 1. The number of nitrogens with zero attached hydrogens (tertiary/aromatic N) is 3. The molecule has 3 heterocycles. The van der Waals surface area contributed by atoms with Crippen molar-refractivity contribution in [3.05, 3.63) is 75.7 Å². The Bertz CT molecular complexity index is 980. The van der Waals surface area contributed by atoms with E-state index in [0.717, 1.165) is 17.7 Å². The first kappa shape index (κ1) is 18.4. The molecule has 0 spiro atoms. The lowest BCUT2D eigenvalue weighted by Gasteiger charge is -2.33. The van der Waals surface area contributed by atoms with Crippen LogP contribution in [0.15, 0.2) is 54.0 Å². The molecule has 1 aliphatic heterocycles. The second-order valence-electron chi connectivity index (χ2n) is 6.96. The lowest BCUT2D eigenvalue weighted by atomic mass is 10.1. The summed E-state index contributed by atoms with van der Waals surface area (Å²) in [6.45, 7) is 3.29. The van der Waals surface area contributed by atoms with Crippen molar-refractivity contribution in [3.63, 3.8) is 0 Å². The van der Waals surface area contributed by atoms with E-state index in [1.54, 1.807) is 27.1 Å². The van der Waals surface area contributed by atoms with Crippen molar-refractivity contribution in [2.75, 3.05) is 13.1 Å². The van der Waals surface area contributed by atoms with E-state index in [1.165, 1.54) is 4.88 Å². The second kappa shape index (κ2) is 7.98. The number of hydrogen-bond donors (Lipinski definition) is 1. The standard InChI is InChI=1S/C21H22N4O2S/c1-15-4-2-5-16(12-15)21(27)24-13-17-7-10-23-25(17)19(14-24)20(26)22-9-8-18-6-3-11-28-18/h2-7,10-12,19H,8-9,13-14H2,1H3,(H,22,26)/t19-/m0/s1. The Balaban J connectivity index is 1.47. The predicted octanol–water partition coefficient (Wildman–Crippen LogP) is 2.81. The first-order valence-electron chi connectivity index (χ1n) is 9.30. The molecule has 0 unspecified atom stereocenters. The van der Waals surface area contributed by atoms with Crippen molar-refractivity contribution < 1.29 is 9.59 Å². The molecule has 0 fully saturated rings. The third-order valence-electron chi connectivity index (χ3n) is 4.90. The summed E-state index contributed by atoms with van der Waals surface area (Å²) in [5.74, 6) is -0.171. The highest BCUT2D eigenvalue weighted by Gasteiger charge is 2.33. The average molecular weight is 395 g/mol. The molecule has 0 saturated carbocycles. The summed E-state index contributed by atoms with van der Waals surface area (Å²) >= 11 is 1.68. The van der Waals surface area contributed by atoms with Gasteiger partial charge in [-0.3, -0.25) is 14.3 Å². The summed E-state index contributed by atoms with van der Waals surface area (Å²) in [7, 11) is 0. The zero-order valence-corrected chi connectivity index (χ0v) is 16.5. The van der Waals surface area contributed by atoms with Crippen LogP contribution in [0.4, 0.5) is 0 Å². The molecule has 28 heavy (non-hydrogen) atoms. The molecule has 1 aliphatic rings. The van der Waals surface area contributed by atoms with Gasteiger partial charge < -0.3 is 10.2 Å². The number of aromatic nitrogens is 2. The van der Waals surface area contributed by atoms with Crippen LogP contribution in [0, 0.1) is 6.92 Å². The number of benzene rings is 1. The highest BCUT2D eigenvalue weighted by molar-refractivity contribution is 7.09. The molecule has 0 aliphatic carbocycles. The smallest absolute Gasteiger partial charge is 0.254 e. The fraction of sp³-hybridized carbons (Fsp3) is 0.286. The normalized spacial score (nSPS) is 15.9. The molecule has 3 aromatic rings. The van der Waals surface area contributed by atoms with Crippen molar-refractivity contribution in [1.82, 2.24) is 20.0 Å². The summed E-state index contributed by atoms with van der Waals surface area (Å²) in [5.41, 5.74) is 2.55. The molecule has 2 aromatic heterocycles. The van der Waals surface area contributed by atoms with Gasteiger partial charge in [0.2, 0.25) is 5.91 Å². The van der Waals surface area contributed by atoms with E-state index in [2.05, 4.69) is 16.5 Å². The molecule has 1 atom stereocenters. The number of rotatable bonds is 5. The van der Waals surface area contributed by atoms with E-state index >= 15 is 0 Å². The van der Waals surface area contributed by atoms with E-state index in [-0.39, 0.29) is 11.8 Å². The van der Waals surface area contributed by atoms with Gasteiger partial charge in [0.25, 0.3) is 5.91 Å². The Morgan fingerprint density at radius 3 is 2.93 bits per heavy atom. The molecule has 144 valence electrons. The largest absolute Gasteiger partial charge is 0.354 e. The van der Waals surface area contributed by atoms with Crippen LogP contribution >= 0.6 is 11.3 Å². The first-order chi connectivity index (χ1) is 13.6. The van der Waals surface area contributed by atoms with Crippen molar-refractivity contribution in [1.29, 1.82) is 0 Å². The average Bonchev–Trinajstić information content (AvgIpc) is 3.38. The minimum atomic E-state index is -0.518. The van der Waals surface area contributed by atoms with Gasteiger partial charge in [0.05, 0.1) is 18.8 Å². The van der Waals surface area contributed by atoms with Crippen molar-refractivity contribution in [2.45, 2.75) is 25.9 Å². The van der Waals surface area contributed by atoms with Crippen LogP contribution < -0.4 is 5.32 Å². The highest BCUT2D eigenvalue weighted by atomic mass is 32.1. The maximum atomic E-state index is 13.0. The lowest BCUT2D eigenvalue weighted by molar-refractivity contribution is -0.125. The van der Waals surface area contributed by atoms with E-state index in [4.69, 9.17) is 0 Å². The molecule has 7 heteroatoms. The molecule has 2 amide bonds. The number of hydrogen-bond acceptors (Lipinski definition) is 4. The molecule has 1 aromatic carbocycles. The second-order valence-corrected chi connectivity index (χ2v) is 7.99. The maximum absolute atomic E-state index is 13.0. The molecule has 0 saturated heterocycles. The molecule has 1 N–H and O–H groups in total. The summed E-state index contributed by atoms with van der Waals surface area (Å²) in [6, 6.07) is 13.0. The molecule has 0 radical (unpaired) electrons. The Morgan fingerprint density at radius 1 is 1.25 bits per heavy atom. The summed E-state index contributed by atoms with van der Waals surface area (Å²) < 4.78 is 1.74. The molecular formula is C21H22N4O2S. The van der Waals surface area contributed by atoms with Gasteiger partial charge in [-0.15, -0.1) is 11.3 Å². The van der Waals surface area contributed by atoms with Crippen LogP contribution in [0.2, 0.25) is 0 Å². The van der Waals surface area contributed by atoms with E-state index in [9.17, 15) is 9.59 Å². The molecular weight excluding hydrogens is 372 g/mol. The van der Waals surface area contributed by atoms with Crippen molar-refractivity contribution in [3.8, 4) is 0 Å². The Labute approximate surface area is 167 Å². The van der Waals surface area contributed by atoms with Crippen LogP contribution in [0.5, 0.6) is 0 Å². The number of nitrogens with one attached hydrogen (secondary N) is 1. The Morgan fingerprint density at radius 2 is 2.14 bits per heavy atom. The summed E-state index contributed by atoms with van der Waals surface area (Å²) in [4.78, 5) is 28.8. The topological polar surface area (TPSA) is 67.2 Å². The van der Waals surface area contributed by atoms with E-state index in [0.29, 0.717) is 25.2 Å². The Kier molecular flexibility index (Phi) is 5.25. The number of carbonyl (C=O) groups is 2.